The highest BCUT2D eigenvalue weighted by atomic mass is 19.1. The molecule has 1 aliphatic carbocycles. The summed E-state index contributed by atoms with van der Waals surface area (Å²) in [5.41, 5.74) is 1.10. The van der Waals surface area contributed by atoms with Crippen molar-refractivity contribution in [2.24, 2.45) is 0 Å². The van der Waals surface area contributed by atoms with Crippen LogP contribution in [-0.4, -0.2) is 13.0 Å². The van der Waals surface area contributed by atoms with Crippen molar-refractivity contribution in [2.75, 3.05) is 7.05 Å². The summed E-state index contributed by atoms with van der Waals surface area (Å²) in [5, 5.41) is 2.34. The fourth-order valence-corrected chi connectivity index (χ4v) is 2.16. The maximum atomic E-state index is 14.0. The van der Waals surface area contributed by atoms with Crippen molar-refractivity contribution >= 4 is 5.91 Å². The van der Waals surface area contributed by atoms with E-state index in [2.05, 4.69) is 5.32 Å². The third-order valence-corrected chi connectivity index (χ3v) is 3.22. The first-order valence-electron chi connectivity index (χ1n) is 6.09. The Morgan fingerprint density at radius 3 is 2.42 bits per heavy atom. The van der Waals surface area contributed by atoms with Crippen LogP contribution < -0.4 is 5.32 Å². The Morgan fingerprint density at radius 1 is 1.32 bits per heavy atom. The van der Waals surface area contributed by atoms with E-state index in [0.717, 1.165) is 17.7 Å². The van der Waals surface area contributed by atoms with Gasteiger partial charge in [-0.15, -0.1) is 0 Å². The van der Waals surface area contributed by atoms with E-state index >= 15 is 0 Å². The van der Waals surface area contributed by atoms with Gasteiger partial charge in [0.05, 0.1) is 0 Å². The fraction of sp³-hybridized carbons (Fsp3) is 0.267. The van der Waals surface area contributed by atoms with Gasteiger partial charge in [-0.05, 0) is 25.5 Å². The second-order valence-electron chi connectivity index (χ2n) is 4.58. The van der Waals surface area contributed by atoms with Gasteiger partial charge in [-0.1, -0.05) is 23.8 Å². The monoisotopic (exact) mass is 263 g/mol. The van der Waals surface area contributed by atoms with Gasteiger partial charge in [-0.25, -0.2) is 8.78 Å². The number of hydrogen-bond donors (Lipinski definition) is 1. The third-order valence-electron chi connectivity index (χ3n) is 3.22. The van der Waals surface area contributed by atoms with Gasteiger partial charge in [0.15, 0.2) is 0 Å². The molecule has 0 aromatic heterocycles. The van der Waals surface area contributed by atoms with Gasteiger partial charge in [-0.2, -0.15) is 0 Å². The predicted octanol–water partition coefficient (Wildman–Crippen LogP) is 3.31. The van der Waals surface area contributed by atoms with E-state index in [0.29, 0.717) is 6.42 Å². The lowest BCUT2D eigenvalue weighted by molar-refractivity contribution is 0.0962. The van der Waals surface area contributed by atoms with Crippen molar-refractivity contribution < 1.29 is 13.6 Å². The summed E-state index contributed by atoms with van der Waals surface area (Å²) in [6, 6.07) is 2.16. The molecule has 1 atom stereocenters. The van der Waals surface area contributed by atoms with Crippen molar-refractivity contribution in [3.05, 3.63) is 58.7 Å². The van der Waals surface area contributed by atoms with Crippen LogP contribution in [0.15, 0.2) is 35.9 Å². The number of carbonyl (C=O) groups excluding carboxylic acids is 1. The predicted molar refractivity (Wildman–Crippen MR) is 70.0 cm³/mol. The standard InChI is InChI=1S/C15H15F2NO/c1-9-3-5-10(6-4-9)14-12(16)7-11(8-13(14)17)15(19)18-2/h3-5,7-8,10H,6H2,1-2H3,(H,18,19). The van der Waals surface area contributed by atoms with Gasteiger partial charge >= 0.3 is 0 Å². The minimum atomic E-state index is -0.679. The van der Waals surface area contributed by atoms with Crippen molar-refractivity contribution in [1.29, 1.82) is 0 Å². The van der Waals surface area contributed by atoms with Crippen LogP contribution in [0.5, 0.6) is 0 Å². The maximum Gasteiger partial charge on any atom is 0.251 e. The van der Waals surface area contributed by atoms with E-state index < -0.39 is 17.5 Å². The highest BCUT2D eigenvalue weighted by Crippen LogP contribution is 2.31. The van der Waals surface area contributed by atoms with E-state index in [4.69, 9.17) is 0 Å². The molecule has 4 heteroatoms. The Labute approximate surface area is 110 Å². The van der Waals surface area contributed by atoms with Gasteiger partial charge < -0.3 is 5.32 Å². The first-order valence-corrected chi connectivity index (χ1v) is 6.09. The molecule has 2 rings (SSSR count). The summed E-state index contributed by atoms with van der Waals surface area (Å²) in [4.78, 5) is 11.4. The summed E-state index contributed by atoms with van der Waals surface area (Å²) < 4.78 is 28.0. The van der Waals surface area contributed by atoms with Crippen molar-refractivity contribution in [3.63, 3.8) is 0 Å². The van der Waals surface area contributed by atoms with E-state index in [1.54, 1.807) is 6.08 Å². The Hall–Kier alpha value is -1.97. The van der Waals surface area contributed by atoms with Crippen LogP contribution >= 0.6 is 0 Å². The Kier molecular flexibility index (Phi) is 3.79. The Morgan fingerprint density at radius 2 is 1.95 bits per heavy atom. The maximum absolute atomic E-state index is 14.0. The van der Waals surface area contributed by atoms with E-state index in [1.165, 1.54) is 7.05 Å². The van der Waals surface area contributed by atoms with E-state index in [1.807, 2.05) is 19.1 Å². The molecule has 1 aromatic rings. The summed E-state index contributed by atoms with van der Waals surface area (Å²) in [6.07, 6.45) is 6.14. The Balaban J connectivity index is 2.38. The van der Waals surface area contributed by atoms with Crippen LogP contribution in [-0.2, 0) is 0 Å². The van der Waals surface area contributed by atoms with Crippen LogP contribution in [0.1, 0.15) is 35.2 Å². The largest absolute Gasteiger partial charge is 0.355 e. The average molecular weight is 263 g/mol. The number of rotatable bonds is 2. The second kappa shape index (κ2) is 5.34. The summed E-state index contributed by atoms with van der Waals surface area (Å²) in [5.74, 6) is -2.18. The van der Waals surface area contributed by atoms with Crippen LogP contribution in [0, 0.1) is 11.6 Å². The normalized spacial score (nSPS) is 18.1. The van der Waals surface area contributed by atoms with Crippen molar-refractivity contribution in [3.8, 4) is 0 Å². The zero-order valence-corrected chi connectivity index (χ0v) is 10.8. The zero-order valence-electron chi connectivity index (χ0n) is 10.8. The smallest absolute Gasteiger partial charge is 0.251 e. The molecule has 19 heavy (non-hydrogen) atoms. The van der Waals surface area contributed by atoms with Gasteiger partial charge in [0.2, 0.25) is 0 Å². The molecule has 2 nitrogen and oxygen atoms in total. The fourth-order valence-electron chi connectivity index (χ4n) is 2.16. The molecule has 0 heterocycles. The number of halogens is 2. The average Bonchev–Trinajstić information content (AvgIpc) is 2.39. The molecule has 1 aliphatic rings. The lowest BCUT2D eigenvalue weighted by atomic mass is 9.89. The molecule has 1 amide bonds. The highest BCUT2D eigenvalue weighted by Gasteiger charge is 2.21. The number of benzene rings is 1. The molecule has 0 bridgehead atoms. The van der Waals surface area contributed by atoms with E-state index in [9.17, 15) is 13.6 Å². The molecule has 1 aromatic carbocycles. The van der Waals surface area contributed by atoms with Crippen molar-refractivity contribution in [2.45, 2.75) is 19.3 Å². The molecule has 100 valence electrons. The molecule has 0 saturated carbocycles. The molecular weight excluding hydrogens is 248 g/mol. The van der Waals surface area contributed by atoms with Crippen LogP contribution in [0.2, 0.25) is 0 Å². The van der Waals surface area contributed by atoms with Crippen LogP contribution in [0.4, 0.5) is 8.78 Å². The first-order chi connectivity index (χ1) is 9.02. The highest BCUT2D eigenvalue weighted by molar-refractivity contribution is 5.94. The Bertz CT molecular complexity index is 553. The van der Waals surface area contributed by atoms with Gasteiger partial charge in [0.1, 0.15) is 11.6 Å². The molecule has 0 radical (unpaired) electrons. The molecule has 1 N–H and O–H groups in total. The molecular formula is C15H15F2NO. The van der Waals surface area contributed by atoms with Crippen LogP contribution in [0.25, 0.3) is 0 Å². The van der Waals surface area contributed by atoms with Crippen LogP contribution in [0.3, 0.4) is 0 Å². The summed E-state index contributed by atoms with van der Waals surface area (Å²) in [7, 11) is 1.42. The number of allylic oxidation sites excluding steroid dienone is 4. The lowest BCUT2D eigenvalue weighted by Crippen LogP contribution is -2.19. The molecule has 0 fully saturated rings. The first kappa shape index (κ1) is 13.5. The number of amides is 1. The molecule has 0 aliphatic heterocycles. The summed E-state index contributed by atoms with van der Waals surface area (Å²) in [6.45, 7) is 1.94. The number of nitrogens with one attached hydrogen (secondary N) is 1. The second-order valence-corrected chi connectivity index (χ2v) is 4.58. The SMILES string of the molecule is CNC(=O)c1cc(F)c(C2C=CC(C)=CC2)c(F)c1. The summed E-state index contributed by atoms with van der Waals surface area (Å²) >= 11 is 0. The number of carbonyl (C=O) groups is 1. The minimum Gasteiger partial charge on any atom is -0.355 e. The van der Waals surface area contributed by atoms with Crippen molar-refractivity contribution in [1.82, 2.24) is 5.32 Å². The topological polar surface area (TPSA) is 29.1 Å². The van der Waals surface area contributed by atoms with Gasteiger partial charge in [0, 0.05) is 24.1 Å². The van der Waals surface area contributed by atoms with Gasteiger partial charge in [-0.3, -0.25) is 4.79 Å². The third kappa shape index (κ3) is 2.72. The van der Waals surface area contributed by atoms with E-state index in [-0.39, 0.29) is 17.0 Å². The number of hydrogen-bond acceptors (Lipinski definition) is 1. The van der Waals surface area contributed by atoms with Gasteiger partial charge in [0.25, 0.3) is 5.91 Å². The zero-order chi connectivity index (χ0) is 14.0. The molecule has 1 unspecified atom stereocenters. The molecule has 0 spiro atoms. The quantitative estimate of drug-likeness (QED) is 0.871. The molecule has 0 saturated heterocycles. The minimum absolute atomic E-state index is 0.00670. The lowest BCUT2D eigenvalue weighted by Gasteiger charge is -2.17.